The lowest BCUT2D eigenvalue weighted by Crippen LogP contribution is -3.14. The molecule has 116 valence electrons. The Bertz CT molecular complexity index is 626. The molecule has 2 fully saturated rings. The number of nitrogens with zero attached hydrogens (tertiary/aromatic N) is 1. The summed E-state index contributed by atoms with van der Waals surface area (Å²) < 4.78 is 14.3. The van der Waals surface area contributed by atoms with Crippen LogP contribution < -0.4 is 4.90 Å². The van der Waals surface area contributed by atoms with Crippen molar-refractivity contribution in [2.24, 2.45) is 0 Å². The summed E-state index contributed by atoms with van der Waals surface area (Å²) in [6, 6.07) is 6.45. The highest BCUT2D eigenvalue weighted by Gasteiger charge is 2.35. The predicted octanol–water partition coefficient (Wildman–Crippen LogP) is 2.05. The lowest BCUT2D eigenvalue weighted by molar-refractivity contribution is -0.911. The van der Waals surface area contributed by atoms with E-state index >= 15 is 0 Å². The molecule has 0 unspecified atom stereocenters. The smallest absolute Gasteiger partial charge is 0.270 e. The van der Waals surface area contributed by atoms with Crippen molar-refractivity contribution in [1.82, 2.24) is 4.90 Å². The van der Waals surface area contributed by atoms with E-state index in [1.165, 1.54) is 42.0 Å². The largest absolute Gasteiger partial charge is 0.317 e. The molecule has 2 saturated heterocycles. The van der Waals surface area contributed by atoms with Gasteiger partial charge in [-0.25, -0.2) is 9.29 Å². The summed E-state index contributed by atoms with van der Waals surface area (Å²) in [5.74, 6) is -0.425. The molecule has 1 aromatic carbocycles. The van der Waals surface area contributed by atoms with Gasteiger partial charge in [-0.05, 0) is 31.4 Å². The Kier molecular flexibility index (Phi) is 4.90. The van der Waals surface area contributed by atoms with Crippen LogP contribution in [0.5, 0.6) is 0 Å². The molecular weight excluding hydrogens is 319 g/mol. The first kappa shape index (κ1) is 15.6. The van der Waals surface area contributed by atoms with E-state index in [-0.39, 0.29) is 11.7 Å². The summed E-state index contributed by atoms with van der Waals surface area (Å²) >= 11 is 6.60. The van der Waals surface area contributed by atoms with E-state index in [9.17, 15) is 9.18 Å². The van der Waals surface area contributed by atoms with E-state index in [1.54, 1.807) is 29.2 Å². The number of likely N-dealkylation sites (tertiary alicyclic amines) is 1. The van der Waals surface area contributed by atoms with E-state index in [2.05, 4.69) is 0 Å². The van der Waals surface area contributed by atoms with Crippen LogP contribution in [0.15, 0.2) is 29.2 Å². The average molecular weight is 337 g/mol. The van der Waals surface area contributed by atoms with E-state index in [0.717, 1.165) is 13.1 Å². The van der Waals surface area contributed by atoms with Crippen molar-refractivity contribution in [2.75, 3.05) is 19.8 Å². The van der Waals surface area contributed by atoms with Crippen LogP contribution in [-0.2, 0) is 4.79 Å². The molecule has 0 saturated carbocycles. The maximum atomic E-state index is 13.7. The van der Waals surface area contributed by atoms with Gasteiger partial charge in [0.1, 0.15) is 5.82 Å². The second-order valence-corrected chi connectivity index (χ2v) is 7.28. The van der Waals surface area contributed by atoms with Gasteiger partial charge in [-0.2, -0.15) is 0 Å². The lowest BCUT2D eigenvalue weighted by atomic mass is 10.1. The van der Waals surface area contributed by atoms with E-state index < -0.39 is 0 Å². The number of piperidine rings is 1. The van der Waals surface area contributed by atoms with Gasteiger partial charge in [0.15, 0.2) is 11.0 Å². The van der Waals surface area contributed by atoms with Crippen molar-refractivity contribution in [1.29, 1.82) is 0 Å². The second kappa shape index (κ2) is 6.89. The first-order valence-electron chi connectivity index (χ1n) is 7.48. The maximum Gasteiger partial charge on any atom is 0.270 e. The quantitative estimate of drug-likeness (QED) is 0.675. The van der Waals surface area contributed by atoms with Crippen LogP contribution in [-0.4, -0.2) is 34.9 Å². The van der Waals surface area contributed by atoms with E-state index in [1.807, 2.05) is 0 Å². The van der Waals surface area contributed by atoms with Crippen LogP contribution in [0.25, 0.3) is 6.08 Å². The van der Waals surface area contributed by atoms with Crippen LogP contribution >= 0.6 is 24.0 Å². The number of quaternary nitrogens is 1. The Morgan fingerprint density at radius 3 is 2.73 bits per heavy atom. The average Bonchev–Trinajstić information content (AvgIpc) is 2.78. The fourth-order valence-electron chi connectivity index (χ4n) is 2.80. The SMILES string of the molecule is O=C1/C(=C\c2ccccc2F)SC(=S)N1C[NH+]1CCCCC1. The minimum atomic E-state index is -0.325. The first-order chi connectivity index (χ1) is 10.6. The molecule has 1 aromatic rings. The maximum absolute atomic E-state index is 13.7. The highest BCUT2D eigenvalue weighted by atomic mass is 32.2. The van der Waals surface area contributed by atoms with Gasteiger partial charge in [-0.3, -0.25) is 4.79 Å². The second-order valence-electron chi connectivity index (χ2n) is 5.60. The number of amides is 1. The molecule has 0 spiro atoms. The van der Waals surface area contributed by atoms with Crippen molar-refractivity contribution in [3.8, 4) is 0 Å². The summed E-state index contributed by atoms with van der Waals surface area (Å²) in [7, 11) is 0. The Morgan fingerprint density at radius 2 is 2.00 bits per heavy atom. The molecular formula is C16H18FN2OS2+. The molecule has 0 bridgehead atoms. The van der Waals surface area contributed by atoms with Gasteiger partial charge in [-0.15, -0.1) is 0 Å². The van der Waals surface area contributed by atoms with Gasteiger partial charge in [0, 0.05) is 5.56 Å². The van der Waals surface area contributed by atoms with Gasteiger partial charge in [0.2, 0.25) is 0 Å². The minimum Gasteiger partial charge on any atom is -0.317 e. The van der Waals surface area contributed by atoms with Crippen LogP contribution in [0.2, 0.25) is 0 Å². The normalized spacial score (nSPS) is 21.9. The van der Waals surface area contributed by atoms with Crippen LogP contribution in [0.4, 0.5) is 4.39 Å². The van der Waals surface area contributed by atoms with E-state index in [0.29, 0.717) is 21.5 Å². The summed E-state index contributed by atoms with van der Waals surface area (Å²) in [4.78, 5) is 16.1. The fourth-order valence-corrected chi connectivity index (χ4v) is 4.05. The van der Waals surface area contributed by atoms with Crippen molar-refractivity contribution >= 4 is 40.3 Å². The van der Waals surface area contributed by atoms with Gasteiger partial charge < -0.3 is 4.90 Å². The molecule has 2 aliphatic heterocycles. The third-order valence-electron chi connectivity index (χ3n) is 4.01. The molecule has 22 heavy (non-hydrogen) atoms. The number of carbonyl (C=O) groups excluding carboxylic acids is 1. The molecule has 0 radical (unpaired) electrons. The molecule has 3 nitrogen and oxygen atoms in total. The third kappa shape index (κ3) is 3.39. The number of halogens is 1. The van der Waals surface area contributed by atoms with Gasteiger partial charge in [0.25, 0.3) is 5.91 Å². The van der Waals surface area contributed by atoms with Crippen molar-refractivity contribution in [3.63, 3.8) is 0 Å². The molecule has 6 heteroatoms. The Hall–Kier alpha value is -1.24. The summed E-state index contributed by atoms with van der Waals surface area (Å²) in [5, 5.41) is 0. The van der Waals surface area contributed by atoms with Gasteiger partial charge in [0.05, 0.1) is 18.0 Å². The predicted molar refractivity (Wildman–Crippen MR) is 90.8 cm³/mol. The molecule has 3 rings (SSSR count). The van der Waals surface area contributed by atoms with Crippen LogP contribution in [0.1, 0.15) is 24.8 Å². The number of hydrogen-bond acceptors (Lipinski definition) is 3. The molecule has 1 amide bonds. The highest BCUT2D eigenvalue weighted by molar-refractivity contribution is 8.26. The zero-order valence-corrected chi connectivity index (χ0v) is 13.8. The highest BCUT2D eigenvalue weighted by Crippen LogP contribution is 2.32. The number of hydrogen-bond donors (Lipinski definition) is 1. The van der Waals surface area contributed by atoms with Crippen molar-refractivity contribution < 1.29 is 14.1 Å². The topological polar surface area (TPSA) is 24.8 Å². The first-order valence-corrected chi connectivity index (χ1v) is 8.71. The zero-order valence-electron chi connectivity index (χ0n) is 12.2. The number of thioether (sulfide) groups is 1. The number of carbonyl (C=O) groups is 1. The van der Waals surface area contributed by atoms with Gasteiger partial charge >= 0.3 is 0 Å². The lowest BCUT2D eigenvalue weighted by Gasteiger charge is -2.27. The monoisotopic (exact) mass is 337 g/mol. The molecule has 2 aliphatic rings. The van der Waals surface area contributed by atoms with Crippen molar-refractivity contribution in [2.45, 2.75) is 19.3 Å². The molecule has 0 aromatic heterocycles. The third-order valence-corrected chi connectivity index (χ3v) is 5.39. The summed E-state index contributed by atoms with van der Waals surface area (Å²) in [6.45, 7) is 2.80. The van der Waals surface area contributed by atoms with E-state index in [4.69, 9.17) is 12.2 Å². The number of thiocarbonyl (C=S) groups is 1. The molecule has 0 aliphatic carbocycles. The standard InChI is InChI=1S/C16H17FN2OS2/c17-13-7-3-2-6-12(13)10-14-15(20)19(16(21)22-14)11-18-8-4-1-5-9-18/h2-3,6-7,10H,1,4-5,8-9,11H2/p+1/b14-10+. The number of benzene rings is 1. The Labute approximate surface area is 139 Å². The molecule has 2 heterocycles. The zero-order chi connectivity index (χ0) is 15.5. The Balaban J connectivity index is 1.75. The fraction of sp³-hybridized carbons (Fsp3) is 0.375. The summed E-state index contributed by atoms with van der Waals surface area (Å²) in [5.41, 5.74) is 0.424. The number of nitrogens with one attached hydrogen (secondary N) is 1. The van der Waals surface area contributed by atoms with Crippen molar-refractivity contribution in [3.05, 3.63) is 40.6 Å². The van der Waals surface area contributed by atoms with Crippen LogP contribution in [0.3, 0.4) is 0 Å². The number of rotatable bonds is 3. The molecule has 0 atom stereocenters. The minimum absolute atomic E-state index is 0.101. The molecule has 1 N–H and O–H groups in total. The van der Waals surface area contributed by atoms with Gasteiger partial charge in [-0.1, -0.05) is 42.2 Å². The van der Waals surface area contributed by atoms with Crippen LogP contribution in [0, 0.1) is 5.82 Å². The summed E-state index contributed by atoms with van der Waals surface area (Å²) in [6.07, 6.45) is 5.28. The Morgan fingerprint density at radius 1 is 1.27 bits per heavy atom.